The third-order valence-corrected chi connectivity index (χ3v) is 6.76. The molecule has 0 saturated carbocycles. The Labute approximate surface area is 180 Å². The Bertz CT molecular complexity index is 1200. The summed E-state index contributed by atoms with van der Waals surface area (Å²) in [6.07, 6.45) is 4.21. The van der Waals surface area contributed by atoms with Crippen LogP contribution in [0.1, 0.15) is 50.9 Å². The third-order valence-electron chi connectivity index (χ3n) is 6.76. The maximum Gasteiger partial charge on any atom is 0.251 e. The average molecular weight is 406 g/mol. The second kappa shape index (κ2) is 7.20. The zero-order valence-corrected chi connectivity index (χ0v) is 17.0. The van der Waals surface area contributed by atoms with Crippen molar-refractivity contribution in [2.24, 2.45) is 5.92 Å². The molecule has 152 valence electrons. The SMILES string of the molecule is O=C(NCC1CC2c3ccccc3C1c1ccccc12)c1ccc(-n2cncn2)cc1. The fourth-order valence-electron chi connectivity index (χ4n) is 5.39. The van der Waals surface area contributed by atoms with Gasteiger partial charge in [0.2, 0.25) is 0 Å². The molecule has 4 aromatic rings. The van der Waals surface area contributed by atoms with Crippen molar-refractivity contribution in [2.45, 2.75) is 18.3 Å². The van der Waals surface area contributed by atoms with Crippen molar-refractivity contribution in [1.29, 1.82) is 0 Å². The van der Waals surface area contributed by atoms with Crippen LogP contribution in [0.25, 0.3) is 5.69 Å². The Morgan fingerprint density at radius 3 is 2.16 bits per heavy atom. The average Bonchev–Trinajstić information content (AvgIpc) is 3.38. The highest BCUT2D eigenvalue weighted by molar-refractivity contribution is 5.94. The quantitative estimate of drug-likeness (QED) is 0.550. The van der Waals surface area contributed by atoms with Crippen LogP contribution in [0.5, 0.6) is 0 Å². The molecule has 0 saturated heterocycles. The van der Waals surface area contributed by atoms with E-state index in [2.05, 4.69) is 63.9 Å². The number of nitrogens with one attached hydrogen (secondary N) is 1. The largest absolute Gasteiger partial charge is 0.352 e. The van der Waals surface area contributed by atoms with E-state index in [0.29, 0.717) is 29.9 Å². The Balaban J connectivity index is 1.22. The van der Waals surface area contributed by atoms with Crippen molar-refractivity contribution >= 4 is 5.91 Å². The first kappa shape index (κ1) is 18.1. The predicted octanol–water partition coefficient (Wildman–Crippen LogP) is 4.29. The molecular weight excluding hydrogens is 384 g/mol. The summed E-state index contributed by atoms with van der Waals surface area (Å²) in [5.41, 5.74) is 7.30. The summed E-state index contributed by atoms with van der Waals surface area (Å²) in [4.78, 5) is 16.8. The number of carbonyl (C=O) groups excluding carboxylic acids is 1. The Morgan fingerprint density at radius 1 is 0.903 bits per heavy atom. The first-order valence-corrected chi connectivity index (χ1v) is 10.7. The second-order valence-corrected chi connectivity index (χ2v) is 8.38. The van der Waals surface area contributed by atoms with Gasteiger partial charge in [-0.3, -0.25) is 4.79 Å². The van der Waals surface area contributed by atoms with Crippen molar-refractivity contribution < 1.29 is 4.79 Å². The Kier molecular flexibility index (Phi) is 4.20. The maximum atomic E-state index is 12.8. The first-order chi connectivity index (χ1) is 15.3. The van der Waals surface area contributed by atoms with E-state index in [1.54, 1.807) is 11.0 Å². The lowest BCUT2D eigenvalue weighted by atomic mass is 9.59. The molecule has 31 heavy (non-hydrogen) atoms. The predicted molar refractivity (Wildman–Crippen MR) is 118 cm³/mol. The third kappa shape index (κ3) is 2.96. The number of nitrogens with zero attached hydrogens (tertiary/aromatic N) is 3. The van der Waals surface area contributed by atoms with Crippen molar-refractivity contribution in [1.82, 2.24) is 20.1 Å². The Hall–Kier alpha value is -3.73. The molecule has 0 fully saturated rings. The van der Waals surface area contributed by atoms with Gasteiger partial charge < -0.3 is 5.32 Å². The van der Waals surface area contributed by atoms with Gasteiger partial charge in [0.25, 0.3) is 5.91 Å². The van der Waals surface area contributed by atoms with E-state index in [1.807, 2.05) is 24.3 Å². The molecule has 0 radical (unpaired) electrons. The molecule has 3 aliphatic carbocycles. The first-order valence-electron chi connectivity index (χ1n) is 10.7. The fourth-order valence-corrected chi connectivity index (χ4v) is 5.39. The van der Waals surface area contributed by atoms with E-state index >= 15 is 0 Å². The summed E-state index contributed by atoms with van der Waals surface area (Å²) in [5.74, 6) is 1.12. The molecule has 1 N–H and O–H groups in total. The van der Waals surface area contributed by atoms with E-state index in [0.717, 1.165) is 12.1 Å². The number of amides is 1. The molecule has 5 heteroatoms. The minimum absolute atomic E-state index is 0.0341. The molecule has 7 rings (SSSR count). The summed E-state index contributed by atoms with van der Waals surface area (Å²) in [6.45, 7) is 0.674. The number of hydrogen-bond donors (Lipinski definition) is 1. The van der Waals surface area contributed by atoms with Crippen LogP contribution in [0.4, 0.5) is 0 Å². The van der Waals surface area contributed by atoms with Gasteiger partial charge >= 0.3 is 0 Å². The molecule has 2 bridgehead atoms. The number of rotatable bonds is 4. The molecule has 1 atom stereocenters. The van der Waals surface area contributed by atoms with Gasteiger partial charge in [0.1, 0.15) is 12.7 Å². The van der Waals surface area contributed by atoms with Gasteiger partial charge in [0.15, 0.2) is 0 Å². The van der Waals surface area contributed by atoms with E-state index in [-0.39, 0.29) is 5.91 Å². The van der Waals surface area contributed by atoms with Crippen LogP contribution >= 0.6 is 0 Å². The normalized spacial score (nSPS) is 20.7. The molecular formula is C26H22N4O. The van der Waals surface area contributed by atoms with E-state index in [4.69, 9.17) is 0 Å². The monoisotopic (exact) mass is 406 g/mol. The highest BCUT2D eigenvalue weighted by Gasteiger charge is 2.42. The smallest absolute Gasteiger partial charge is 0.251 e. The number of benzene rings is 3. The minimum atomic E-state index is -0.0341. The molecule has 1 amide bonds. The lowest BCUT2D eigenvalue weighted by Gasteiger charge is -2.45. The van der Waals surface area contributed by atoms with Crippen LogP contribution in [0.3, 0.4) is 0 Å². The highest BCUT2D eigenvalue weighted by atomic mass is 16.1. The van der Waals surface area contributed by atoms with Crippen molar-refractivity contribution in [2.75, 3.05) is 6.54 Å². The van der Waals surface area contributed by atoms with Crippen LogP contribution in [-0.2, 0) is 0 Å². The molecule has 3 aliphatic rings. The maximum absolute atomic E-state index is 12.8. The van der Waals surface area contributed by atoms with Crippen molar-refractivity contribution in [3.63, 3.8) is 0 Å². The van der Waals surface area contributed by atoms with Gasteiger partial charge in [0.05, 0.1) is 5.69 Å². The standard InChI is InChI=1S/C26H22N4O/c31-26(17-9-11-19(12-10-17)30-16-27-15-29-30)28-14-18-13-24-20-5-1-3-7-22(20)25(18)23-8-4-2-6-21(23)24/h1-12,15-16,18,24-25H,13-14H2,(H,28,31). The van der Waals surface area contributed by atoms with Gasteiger partial charge in [-0.25, -0.2) is 9.67 Å². The summed E-state index contributed by atoms with van der Waals surface area (Å²) >= 11 is 0. The summed E-state index contributed by atoms with van der Waals surface area (Å²) in [6, 6.07) is 25.1. The number of hydrogen-bond acceptors (Lipinski definition) is 3. The molecule has 5 nitrogen and oxygen atoms in total. The lowest BCUT2D eigenvalue weighted by Crippen LogP contribution is -2.39. The molecule has 3 aromatic carbocycles. The van der Waals surface area contributed by atoms with Gasteiger partial charge in [-0.15, -0.1) is 0 Å². The number of carbonyl (C=O) groups is 1. The van der Waals surface area contributed by atoms with E-state index in [9.17, 15) is 4.79 Å². The van der Waals surface area contributed by atoms with Crippen LogP contribution in [0.2, 0.25) is 0 Å². The second-order valence-electron chi connectivity index (χ2n) is 8.38. The van der Waals surface area contributed by atoms with Gasteiger partial charge in [-0.05, 0) is 58.9 Å². The molecule has 1 unspecified atom stereocenters. The summed E-state index contributed by atoms with van der Waals surface area (Å²) < 4.78 is 1.68. The Morgan fingerprint density at radius 2 is 1.55 bits per heavy atom. The van der Waals surface area contributed by atoms with Gasteiger partial charge in [-0.1, -0.05) is 48.5 Å². The topological polar surface area (TPSA) is 59.8 Å². The van der Waals surface area contributed by atoms with Crippen LogP contribution in [-0.4, -0.2) is 27.2 Å². The zero-order chi connectivity index (χ0) is 20.8. The molecule has 1 aromatic heterocycles. The van der Waals surface area contributed by atoms with Crippen LogP contribution < -0.4 is 5.32 Å². The van der Waals surface area contributed by atoms with Gasteiger partial charge in [0, 0.05) is 23.9 Å². The van der Waals surface area contributed by atoms with Crippen molar-refractivity contribution in [3.8, 4) is 5.69 Å². The van der Waals surface area contributed by atoms with Gasteiger partial charge in [-0.2, -0.15) is 5.10 Å². The number of aromatic nitrogens is 3. The highest BCUT2D eigenvalue weighted by Crippen LogP contribution is 2.55. The minimum Gasteiger partial charge on any atom is -0.352 e. The number of fused-ring (bicyclic) bond motifs is 1. The summed E-state index contributed by atoms with van der Waals surface area (Å²) in [7, 11) is 0. The molecule has 0 spiro atoms. The lowest BCUT2D eigenvalue weighted by molar-refractivity contribution is 0.0943. The zero-order valence-electron chi connectivity index (χ0n) is 17.0. The molecule has 0 aliphatic heterocycles. The molecule has 1 heterocycles. The van der Waals surface area contributed by atoms with Crippen LogP contribution in [0, 0.1) is 5.92 Å². The fraction of sp³-hybridized carbons (Fsp3) is 0.192. The van der Waals surface area contributed by atoms with E-state index < -0.39 is 0 Å². The van der Waals surface area contributed by atoms with Crippen molar-refractivity contribution in [3.05, 3.63) is 113 Å². The van der Waals surface area contributed by atoms with E-state index in [1.165, 1.54) is 28.6 Å². The van der Waals surface area contributed by atoms with Crippen LogP contribution in [0.15, 0.2) is 85.5 Å². The summed E-state index contributed by atoms with van der Waals surface area (Å²) in [5, 5.41) is 7.32.